The van der Waals surface area contributed by atoms with E-state index in [0.29, 0.717) is 12.2 Å². The molecule has 4 heterocycles. The summed E-state index contributed by atoms with van der Waals surface area (Å²) < 4.78 is 6.13. The molecular formula is C18H21N5O2. The van der Waals surface area contributed by atoms with Gasteiger partial charge in [-0.2, -0.15) is 0 Å². The van der Waals surface area contributed by atoms with E-state index in [1.54, 1.807) is 36.9 Å². The quantitative estimate of drug-likeness (QED) is 0.911. The topological polar surface area (TPSA) is 80.2 Å². The number of ether oxygens (including phenoxy) is 1. The number of hydrogen-bond acceptors (Lipinski definition) is 6. The van der Waals surface area contributed by atoms with Crippen LogP contribution in [0, 0.1) is 0 Å². The molecule has 2 saturated heterocycles. The summed E-state index contributed by atoms with van der Waals surface area (Å²) in [5.74, 6) is 0.667. The minimum Gasteiger partial charge on any atom is -0.373 e. The van der Waals surface area contributed by atoms with Crippen molar-refractivity contribution in [2.45, 2.75) is 30.9 Å². The lowest BCUT2D eigenvalue weighted by Gasteiger charge is -2.38. The molecule has 2 atom stereocenters. The molecule has 1 N–H and O–H groups in total. The van der Waals surface area contributed by atoms with Gasteiger partial charge in [-0.1, -0.05) is 0 Å². The zero-order valence-corrected chi connectivity index (χ0v) is 14.0. The number of rotatable bonds is 3. The van der Waals surface area contributed by atoms with Crippen LogP contribution in [-0.2, 0) is 4.74 Å². The summed E-state index contributed by atoms with van der Waals surface area (Å²) in [6.45, 7) is 2.28. The molecule has 0 aliphatic carbocycles. The summed E-state index contributed by atoms with van der Waals surface area (Å²) in [5, 5.41) is 3.13. The van der Waals surface area contributed by atoms with E-state index in [2.05, 4.69) is 25.2 Å². The lowest BCUT2D eigenvalue weighted by molar-refractivity contribution is -0.0721. The van der Waals surface area contributed by atoms with Crippen LogP contribution in [0.3, 0.4) is 0 Å². The molecule has 7 heteroatoms. The van der Waals surface area contributed by atoms with Gasteiger partial charge in [-0.25, -0.2) is 9.97 Å². The molecule has 1 amide bonds. The number of amides is 1. The zero-order chi connectivity index (χ0) is 17.1. The standard InChI is InChI=1S/C18H21N5O2/c24-16(14-3-1-6-19-12-14)22-15-4-10-25-18(11-15)5-9-23(13-18)17-20-7-2-8-21-17/h1-3,6-8,12,15H,4-5,9-11,13H2,(H,22,24)/t15-,18+/m0/s1. The minimum atomic E-state index is -0.232. The van der Waals surface area contributed by atoms with Gasteiger partial charge in [-0.3, -0.25) is 9.78 Å². The summed E-state index contributed by atoms with van der Waals surface area (Å²) >= 11 is 0. The third-order valence-electron chi connectivity index (χ3n) is 4.90. The molecule has 0 aromatic carbocycles. The van der Waals surface area contributed by atoms with Crippen molar-refractivity contribution in [3.8, 4) is 0 Å². The van der Waals surface area contributed by atoms with Crippen LogP contribution in [0.4, 0.5) is 5.95 Å². The van der Waals surface area contributed by atoms with Crippen LogP contribution in [0.15, 0.2) is 43.0 Å². The number of pyridine rings is 1. The highest BCUT2D eigenvalue weighted by atomic mass is 16.5. The van der Waals surface area contributed by atoms with Gasteiger partial charge in [-0.15, -0.1) is 0 Å². The number of carbonyl (C=O) groups excluding carboxylic acids is 1. The van der Waals surface area contributed by atoms with Gasteiger partial charge < -0.3 is 15.0 Å². The molecule has 2 aliphatic rings. The Morgan fingerprint density at radius 3 is 2.96 bits per heavy atom. The first-order valence-electron chi connectivity index (χ1n) is 8.61. The number of aromatic nitrogens is 3. The fourth-order valence-electron chi connectivity index (χ4n) is 3.67. The maximum absolute atomic E-state index is 12.4. The third-order valence-corrected chi connectivity index (χ3v) is 4.90. The van der Waals surface area contributed by atoms with Gasteiger partial charge in [0.2, 0.25) is 5.95 Å². The highest BCUT2D eigenvalue weighted by Crippen LogP contribution is 2.35. The molecule has 2 fully saturated rings. The Balaban J connectivity index is 1.40. The fraction of sp³-hybridized carbons (Fsp3) is 0.444. The van der Waals surface area contributed by atoms with Crippen molar-refractivity contribution in [1.29, 1.82) is 0 Å². The Labute approximate surface area is 146 Å². The molecule has 0 radical (unpaired) electrons. The molecule has 130 valence electrons. The van der Waals surface area contributed by atoms with E-state index in [0.717, 1.165) is 38.3 Å². The summed E-state index contributed by atoms with van der Waals surface area (Å²) in [7, 11) is 0. The van der Waals surface area contributed by atoms with Gasteiger partial charge in [0.25, 0.3) is 5.91 Å². The highest BCUT2D eigenvalue weighted by molar-refractivity contribution is 5.94. The van der Waals surface area contributed by atoms with E-state index < -0.39 is 0 Å². The predicted octanol–water partition coefficient (Wildman–Crippen LogP) is 1.43. The maximum atomic E-state index is 12.4. The average Bonchev–Trinajstić information content (AvgIpc) is 3.06. The first-order valence-corrected chi connectivity index (χ1v) is 8.61. The van der Waals surface area contributed by atoms with E-state index in [1.807, 2.05) is 6.07 Å². The van der Waals surface area contributed by atoms with Crippen LogP contribution in [0.1, 0.15) is 29.6 Å². The number of nitrogens with one attached hydrogen (secondary N) is 1. The Kier molecular flexibility index (Phi) is 4.31. The second kappa shape index (κ2) is 6.76. The first-order chi connectivity index (χ1) is 12.2. The van der Waals surface area contributed by atoms with E-state index in [9.17, 15) is 4.79 Å². The van der Waals surface area contributed by atoms with Crippen molar-refractivity contribution in [1.82, 2.24) is 20.3 Å². The predicted molar refractivity (Wildman–Crippen MR) is 92.3 cm³/mol. The summed E-state index contributed by atoms with van der Waals surface area (Å²) in [6, 6.07) is 5.48. The van der Waals surface area contributed by atoms with Crippen molar-refractivity contribution in [2.24, 2.45) is 0 Å². The smallest absolute Gasteiger partial charge is 0.253 e. The highest BCUT2D eigenvalue weighted by Gasteiger charge is 2.44. The molecular weight excluding hydrogens is 318 g/mol. The van der Waals surface area contributed by atoms with Gasteiger partial charge in [0, 0.05) is 44.0 Å². The van der Waals surface area contributed by atoms with Gasteiger partial charge in [0.05, 0.1) is 17.7 Å². The molecule has 2 aliphatic heterocycles. The van der Waals surface area contributed by atoms with Crippen LogP contribution in [0.5, 0.6) is 0 Å². The van der Waals surface area contributed by atoms with E-state index in [1.165, 1.54) is 0 Å². The first kappa shape index (κ1) is 16.0. The summed E-state index contributed by atoms with van der Waals surface area (Å²) in [4.78, 5) is 27.2. The Bertz CT molecular complexity index is 727. The lowest BCUT2D eigenvalue weighted by Crippen LogP contribution is -2.50. The fourth-order valence-corrected chi connectivity index (χ4v) is 3.67. The van der Waals surface area contributed by atoms with Gasteiger partial charge in [0.15, 0.2) is 0 Å². The Morgan fingerprint density at radius 1 is 1.28 bits per heavy atom. The van der Waals surface area contributed by atoms with Crippen molar-refractivity contribution in [3.05, 3.63) is 48.5 Å². The Morgan fingerprint density at radius 2 is 2.16 bits per heavy atom. The number of carbonyl (C=O) groups is 1. The van der Waals surface area contributed by atoms with Crippen molar-refractivity contribution < 1.29 is 9.53 Å². The third kappa shape index (κ3) is 3.46. The monoisotopic (exact) mass is 339 g/mol. The van der Waals surface area contributed by atoms with Crippen LogP contribution >= 0.6 is 0 Å². The van der Waals surface area contributed by atoms with Crippen LogP contribution in [0.25, 0.3) is 0 Å². The van der Waals surface area contributed by atoms with Crippen molar-refractivity contribution >= 4 is 11.9 Å². The number of nitrogens with zero attached hydrogens (tertiary/aromatic N) is 4. The zero-order valence-electron chi connectivity index (χ0n) is 14.0. The minimum absolute atomic E-state index is 0.0728. The molecule has 25 heavy (non-hydrogen) atoms. The van der Waals surface area contributed by atoms with E-state index >= 15 is 0 Å². The van der Waals surface area contributed by atoms with Crippen LogP contribution in [0.2, 0.25) is 0 Å². The summed E-state index contributed by atoms with van der Waals surface area (Å²) in [5.41, 5.74) is 0.360. The second-order valence-corrected chi connectivity index (χ2v) is 6.66. The average molecular weight is 339 g/mol. The summed E-state index contributed by atoms with van der Waals surface area (Å²) in [6.07, 6.45) is 9.33. The van der Waals surface area contributed by atoms with Gasteiger partial charge >= 0.3 is 0 Å². The van der Waals surface area contributed by atoms with Gasteiger partial charge in [-0.05, 0) is 37.5 Å². The number of hydrogen-bond donors (Lipinski definition) is 1. The molecule has 0 saturated carbocycles. The molecule has 4 rings (SSSR count). The molecule has 0 bridgehead atoms. The second-order valence-electron chi connectivity index (χ2n) is 6.66. The molecule has 2 aromatic rings. The van der Waals surface area contributed by atoms with Crippen LogP contribution < -0.4 is 10.2 Å². The largest absolute Gasteiger partial charge is 0.373 e. The van der Waals surface area contributed by atoms with Crippen molar-refractivity contribution in [3.63, 3.8) is 0 Å². The molecule has 0 unspecified atom stereocenters. The maximum Gasteiger partial charge on any atom is 0.253 e. The van der Waals surface area contributed by atoms with E-state index in [-0.39, 0.29) is 17.6 Å². The molecule has 2 aromatic heterocycles. The van der Waals surface area contributed by atoms with Crippen LogP contribution in [-0.4, -0.2) is 52.2 Å². The van der Waals surface area contributed by atoms with E-state index in [4.69, 9.17) is 4.74 Å². The van der Waals surface area contributed by atoms with Gasteiger partial charge in [0.1, 0.15) is 0 Å². The van der Waals surface area contributed by atoms with Crippen molar-refractivity contribution in [2.75, 3.05) is 24.6 Å². The molecule has 1 spiro atoms. The number of anilines is 1. The lowest BCUT2D eigenvalue weighted by atomic mass is 9.89. The SMILES string of the molecule is O=C(N[C@H]1CCO[C@]2(CCN(c3ncccn3)C2)C1)c1cccnc1. The normalized spacial score (nSPS) is 25.9. The molecule has 7 nitrogen and oxygen atoms in total. The Hall–Kier alpha value is -2.54.